The minimum atomic E-state index is -1.71. The molecule has 1 saturated heterocycles. The van der Waals surface area contributed by atoms with E-state index in [2.05, 4.69) is 0 Å². The fourth-order valence-electron chi connectivity index (χ4n) is 4.75. The lowest BCUT2D eigenvalue weighted by Gasteiger charge is -2.48. The van der Waals surface area contributed by atoms with Crippen molar-refractivity contribution in [2.24, 2.45) is 17.3 Å². The van der Waals surface area contributed by atoms with Crippen LogP contribution in [0.25, 0.3) is 0 Å². The lowest BCUT2D eigenvalue weighted by atomic mass is 9.55. The van der Waals surface area contributed by atoms with E-state index in [1.54, 1.807) is 13.8 Å². The second kappa shape index (κ2) is 6.40. The molecule has 8 heteroatoms. The Morgan fingerprint density at radius 2 is 1.92 bits per heavy atom. The summed E-state index contributed by atoms with van der Waals surface area (Å²) in [5.74, 6) is -2.39. The number of carbonyl (C=O) groups excluding carboxylic acids is 2. The molecule has 3 aliphatic rings. The van der Waals surface area contributed by atoms with E-state index in [9.17, 15) is 19.7 Å². The van der Waals surface area contributed by atoms with Crippen molar-refractivity contribution < 1.29 is 28.7 Å². The molecule has 1 spiro atoms. The first-order chi connectivity index (χ1) is 11.9. The van der Waals surface area contributed by atoms with Crippen LogP contribution in [0.5, 0.6) is 0 Å². The fraction of sp³-hybridized carbons (Fsp3) is 0.765. The summed E-state index contributed by atoms with van der Waals surface area (Å²) in [7, 11) is 0. The Bertz CT molecular complexity index is 598. The topological polar surface area (TPSA) is 105 Å². The quantitative estimate of drug-likeness (QED) is 0.234. The Kier molecular flexibility index (Phi) is 4.57. The van der Waals surface area contributed by atoms with Crippen LogP contribution in [0.3, 0.4) is 0 Å². The molecule has 0 amide bonds. The van der Waals surface area contributed by atoms with Crippen LogP contribution in [0.2, 0.25) is 0 Å². The summed E-state index contributed by atoms with van der Waals surface area (Å²) in [6.07, 6.45) is 5.07. The van der Waals surface area contributed by atoms with Gasteiger partial charge in [0.05, 0.1) is 25.2 Å². The first kappa shape index (κ1) is 17.8. The van der Waals surface area contributed by atoms with Gasteiger partial charge in [0.15, 0.2) is 5.41 Å². The molecule has 3 rings (SSSR count). The van der Waals surface area contributed by atoms with Gasteiger partial charge >= 0.3 is 11.9 Å². The van der Waals surface area contributed by atoms with Gasteiger partial charge in [-0.2, -0.15) is 0 Å². The van der Waals surface area contributed by atoms with E-state index in [0.29, 0.717) is 6.42 Å². The average Bonchev–Trinajstić information content (AvgIpc) is 3.13. The van der Waals surface area contributed by atoms with Gasteiger partial charge in [-0.3, -0.25) is 19.7 Å². The van der Waals surface area contributed by atoms with Crippen molar-refractivity contribution in [2.75, 3.05) is 19.8 Å². The molecule has 0 aromatic rings. The molecule has 2 aliphatic heterocycles. The molecule has 0 aromatic heterocycles. The number of fused-ring (bicyclic) bond motifs is 1. The summed E-state index contributed by atoms with van der Waals surface area (Å²) in [5.41, 5.74) is -2.69. The molecule has 1 aliphatic carbocycles. The molecule has 8 nitrogen and oxygen atoms in total. The van der Waals surface area contributed by atoms with Gasteiger partial charge in [0.25, 0.3) is 0 Å². The van der Waals surface area contributed by atoms with Crippen LogP contribution in [0, 0.1) is 27.4 Å². The minimum absolute atomic E-state index is 0.0597. The summed E-state index contributed by atoms with van der Waals surface area (Å²) in [4.78, 5) is 36.6. The van der Waals surface area contributed by atoms with Crippen molar-refractivity contribution in [3.8, 4) is 0 Å². The molecule has 0 radical (unpaired) electrons. The number of hydrogen-bond donors (Lipinski definition) is 0. The molecular formula is C17H23NO7. The zero-order valence-electron chi connectivity index (χ0n) is 14.4. The zero-order valence-corrected chi connectivity index (χ0v) is 14.4. The molecule has 4 atom stereocenters. The molecule has 2 bridgehead atoms. The first-order valence-corrected chi connectivity index (χ1v) is 8.74. The first-order valence-electron chi connectivity index (χ1n) is 8.74. The molecule has 25 heavy (non-hydrogen) atoms. The van der Waals surface area contributed by atoms with Crippen molar-refractivity contribution in [3.63, 3.8) is 0 Å². The summed E-state index contributed by atoms with van der Waals surface area (Å²) in [6.45, 7) is 2.90. The van der Waals surface area contributed by atoms with E-state index >= 15 is 0 Å². The maximum atomic E-state index is 12.9. The van der Waals surface area contributed by atoms with Crippen LogP contribution in [-0.2, 0) is 23.8 Å². The van der Waals surface area contributed by atoms with Gasteiger partial charge in [-0.1, -0.05) is 12.2 Å². The normalized spacial score (nSPS) is 34.4. The third-order valence-electron chi connectivity index (χ3n) is 5.72. The van der Waals surface area contributed by atoms with E-state index in [1.807, 2.05) is 12.2 Å². The smallest absolute Gasteiger partial charge is 0.324 e. The Morgan fingerprint density at radius 1 is 1.28 bits per heavy atom. The van der Waals surface area contributed by atoms with Crippen LogP contribution < -0.4 is 0 Å². The van der Waals surface area contributed by atoms with Gasteiger partial charge in [-0.25, -0.2) is 0 Å². The van der Waals surface area contributed by atoms with E-state index in [0.717, 1.165) is 6.42 Å². The van der Waals surface area contributed by atoms with Gasteiger partial charge in [0.1, 0.15) is 5.60 Å². The van der Waals surface area contributed by atoms with E-state index in [1.165, 1.54) is 0 Å². The minimum Gasteiger partial charge on any atom is -0.465 e. The molecule has 4 unspecified atom stereocenters. The van der Waals surface area contributed by atoms with Gasteiger partial charge in [-0.05, 0) is 39.0 Å². The maximum absolute atomic E-state index is 12.9. The van der Waals surface area contributed by atoms with Crippen molar-refractivity contribution >= 4 is 11.9 Å². The second-order valence-electron chi connectivity index (χ2n) is 6.82. The molecule has 1 saturated carbocycles. The van der Waals surface area contributed by atoms with E-state index < -0.39 is 40.3 Å². The van der Waals surface area contributed by atoms with Gasteiger partial charge < -0.3 is 14.2 Å². The van der Waals surface area contributed by atoms with Gasteiger partial charge in [0.2, 0.25) is 6.54 Å². The Morgan fingerprint density at radius 3 is 2.44 bits per heavy atom. The fourth-order valence-corrected chi connectivity index (χ4v) is 4.75. The largest absolute Gasteiger partial charge is 0.465 e. The second-order valence-corrected chi connectivity index (χ2v) is 6.82. The molecule has 0 aromatic carbocycles. The summed E-state index contributed by atoms with van der Waals surface area (Å²) in [6, 6.07) is 0. The van der Waals surface area contributed by atoms with E-state index in [4.69, 9.17) is 14.2 Å². The SMILES string of the molecule is CCOC(=O)C1(C(=O)OCC)CCC2CC3C=CC2(O3)C1C[N+](=O)[O-]. The number of carbonyl (C=O) groups is 2. The molecule has 2 fully saturated rings. The third kappa shape index (κ3) is 2.54. The van der Waals surface area contributed by atoms with Crippen LogP contribution in [-0.4, -0.2) is 48.3 Å². The van der Waals surface area contributed by atoms with E-state index in [-0.39, 0.29) is 31.7 Å². The molecule has 0 N–H and O–H groups in total. The Balaban J connectivity index is 2.10. The lowest BCUT2D eigenvalue weighted by molar-refractivity contribution is -0.497. The van der Waals surface area contributed by atoms with Gasteiger partial charge in [-0.15, -0.1) is 0 Å². The molecular weight excluding hydrogens is 330 g/mol. The number of rotatable bonds is 6. The number of hydrogen-bond acceptors (Lipinski definition) is 7. The summed E-state index contributed by atoms with van der Waals surface area (Å²) >= 11 is 0. The number of nitrogens with zero attached hydrogens (tertiary/aromatic N) is 1. The number of esters is 2. The van der Waals surface area contributed by atoms with Crippen molar-refractivity contribution in [1.29, 1.82) is 0 Å². The Labute approximate surface area is 145 Å². The zero-order chi connectivity index (χ0) is 18.2. The third-order valence-corrected chi connectivity index (χ3v) is 5.72. The number of nitro groups is 1. The van der Waals surface area contributed by atoms with Crippen LogP contribution in [0.1, 0.15) is 33.1 Å². The summed E-state index contributed by atoms with van der Waals surface area (Å²) in [5, 5.41) is 11.4. The number of ether oxygens (including phenoxy) is 3. The maximum Gasteiger partial charge on any atom is 0.324 e. The van der Waals surface area contributed by atoms with Crippen molar-refractivity contribution in [3.05, 3.63) is 22.3 Å². The highest BCUT2D eigenvalue weighted by Crippen LogP contribution is 2.60. The predicted octanol–water partition coefficient (Wildman–Crippen LogP) is 1.50. The van der Waals surface area contributed by atoms with Crippen molar-refractivity contribution in [1.82, 2.24) is 0 Å². The molecule has 2 heterocycles. The highest BCUT2D eigenvalue weighted by atomic mass is 16.6. The highest BCUT2D eigenvalue weighted by Gasteiger charge is 2.71. The van der Waals surface area contributed by atoms with Crippen LogP contribution in [0.15, 0.2) is 12.2 Å². The van der Waals surface area contributed by atoms with Gasteiger partial charge in [0, 0.05) is 4.92 Å². The van der Waals surface area contributed by atoms with Crippen LogP contribution >= 0.6 is 0 Å². The van der Waals surface area contributed by atoms with Crippen molar-refractivity contribution in [2.45, 2.75) is 44.8 Å². The Hall–Kier alpha value is -1.96. The van der Waals surface area contributed by atoms with Crippen LogP contribution in [0.4, 0.5) is 0 Å². The lowest BCUT2D eigenvalue weighted by Crippen LogP contribution is -2.62. The standard InChI is InChI=1S/C17H23NO7/c1-3-23-14(19)16(15(20)24-4-2)7-5-11-9-12-6-8-17(11,25-12)13(16)10-18(21)22/h6,8,11-13H,3-5,7,9-10H2,1-2H3. The average molecular weight is 353 g/mol. The monoisotopic (exact) mass is 353 g/mol. The predicted molar refractivity (Wildman–Crippen MR) is 85.1 cm³/mol. The molecule has 138 valence electrons. The summed E-state index contributed by atoms with van der Waals surface area (Å²) < 4.78 is 16.4. The highest BCUT2D eigenvalue weighted by molar-refractivity contribution is 6.01.